The van der Waals surface area contributed by atoms with Crippen LogP contribution < -0.4 is 0 Å². The third-order valence-corrected chi connectivity index (χ3v) is 9.42. The highest BCUT2D eigenvalue weighted by atomic mass is 35.5. The molecule has 0 aliphatic carbocycles. The summed E-state index contributed by atoms with van der Waals surface area (Å²) in [6, 6.07) is 4.13. The van der Waals surface area contributed by atoms with Gasteiger partial charge in [0.15, 0.2) is 5.03 Å². The smallest absolute Gasteiger partial charge is 0.310 e. The SMILES string of the molecule is CN1CCc2nc(C(=O)N3CCN(S(=O)(=O)c4[nH]c5ccc(Cl)cc5c4CO)CC3CC(=O)N(C)C)oc2C1. The van der Waals surface area contributed by atoms with Crippen molar-refractivity contribution >= 4 is 44.3 Å². The van der Waals surface area contributed by atoms with Crippen LogP contribution in [-0.2, 0) is 34.4 Å². The average Bonchev–Trinajstić information content (AvgIpc) is 3.49. The number of carbonyl (C=O) groups excluding carboxylic acids is 2. The lowest BCUT2D eigenvalue weighted by Gasteiger charge is -2.40. The second kappa shape index (κ2) is 10.5. The predicted molar refractivity (Wildman–Crippen MR) is 143 cm³/mol. The first kappa shape index (κ1) is 27.6. The van der Waals surface area contributed by atoms with Gasteiger partial charge >= 0.3 is 5.91 Å². The fraction of sp³-hybridized carbons (Fsp3) is 0.480. The summed E-state index contributed by atoms with van der Waals surface area (Å²) in [5.74, 6) is -0.132. The lowest BCUT2D eigenvalue weighted by atomic mass is 10.1. The van der Waals surface area contributed by atoms with Gasteiger partial charge in [0.05, 0.1) is 24.9 Å². The number of amides is 2. The monoisotopic (exact) mass is 578 g/mol. The van der Waals surface area contributed by atoms with Gasteiger partial charge in [0.2, 0.25) is 5.91 Å². The molecule has 1 unspecified atom stereocenters. The molecule has 1 saturated heterocycles. The largest absolute Gasteiger partial charge is 0.436 e. The number of piperazine rings is 1. The molecule has 1 fully saturated rings. The molecule has 2 amide bonds. The topological polar surface area (TPSA) is 143 Å². The standard InChI is InChI=1S/C25H31ClN6O6S/c1-29(2)22(34)11-16-12-31(39(36,37)24-18(14-33)17-10-15(26)4-5-19(17)28-24)8-9-32(16)25(35)23-27-20-6-7-30(3)13-21(20)38-23/h4-5,10,16,28,33H,6-9,11-14H2,1-3H3. The van der Waals surface area contributed by atoms with Gasteiger partial charge in [0, 0.05) is 74.6 Å². The van der Waals surface area contributed by atoms with Crippen LogP contribution in [0.2, 0.25) is 5.02 Å². The first-order chi connectivity index (χ1) is 18.5. The number of oxazole rings is 1. The Morgan fingerprint density at radius 3 is 2.74 bits per heavy atom. The maximum absolute atomic E-state index is 13.8. The number of hydrogen-bond acceptors (Lipinski definition) is 8. The van der Waals surface area contributed by atoms with Crippen molar-refractivity contribution in [2.75, 3.05) is 47.3 Å². The normalized spacial score (nSPS) is 18.9. The van der Waals surface area contributed by atoms with E-state index in [1.54, 1.807) is 32.3 Å². The number of fused-ring (bicyclic) bond motifs is 2. The Morgan fingerprint density at radius 2 is 2.03 bits per heavy atom. The average molecular weight is 579 g/mol. The van der Waals surface area contributed by atoms with E-state index in [2.05, 4.69) is 14.9 Å². The van der Waals surface area contributed by atoms with Gasteiger partial charge < -0.3 is 24.3 Å². The summed E-state index contributed by atoms with van der Waals surface area (Å²) >= 11 is 6.11. The fourth-order valence-electron chi connectivity index (χ4n) is 5.11. The molecule has 0 saturated carbocycles. The quantitative estimate of drug-likeness (QED) is 0.445. The fourth-order valence-corrected chi connectivity index (χ4v) is 6.96. The minimum Gasteiger partial charge on any atom is -0.436 e. The maximum atomic E-state index is 13.8. The van der Waals surface area contributed by atoms with E-state index in [0.29, 0.717) is 34.7 Å². The van der Waals surface area contributed by atoms with E-state index >= 15 is 0 Å². The first-order valence-electron chi connectivity index (χ1n) is 12.6. The highest BCUT2D eigenvalue weighted by Gasteiger charge is 2.41. The van der Waals surface area contributed by atoms with Gasteiger partial charge in [-0.3, -0.25) is 14.5 Å². The van der Waals surface area contributed by atoms with Gasteiger partial charge in [-0.05, 0) is 25.2 Å². The number of hydrogen-bond donors (Lipinski definition) is 2. The van der Waals surface area contributed by atoms with E-state index in [0.717, 1.165) is 12.2 Å². The zero-order chi connectivity index (χ0) is 28.1. The molecule has 0 spiro atoms. The number of aliphatic hydroxyl groups excluding tert-OH is 1. The Morgan fingerprint density at radius 1 is 1.26 bits per heavy atom. The van der Waals surface area contributed by atoms with E-state index in [1.165, 1.54) is 14.1 Å². The molecule has 2 aromatic heterocycles. The number of rotatable bonds is 6. The number of halogens is 1. The van der Waals surface area contributed by atoms with Gasteiger partial charge in [0.1, 0.15) is 5.76 Å². The molecule has 5 rings (SSSR count). The third-order valence-electron chi connectivity index (χ3n) is 7.31. The summed E-state index contributed by atoms with van der Waals surface area (Å²) < 4.78 is 34.7. The number of aliphatic hydroxyl groups is 1. The number of aromatic amines is 1. The molecule has 2 aliphatic heterocycles. The summed E-state index contributed by atoms with van der Waals surface area (Å²) in [6.45, 7) is 0.756. The molecule has 12 nitrogen and oxygen atoms in total. The molecule has 1 atom stereocenters. The number of H-pyrrole nitrogens is 1. The number of nitrogens with zero attached hydrogens (tertiary/aromatic N) is 5. The van der Waals surface area contributed by atoms with Crippen LogP contribution in [-0.4, -0.2) is 108 Å². The number of sulfonamides is 1. The molecule has 0 bridgehead atoms. The van der Waals surface area contributed by atoms with Crippen molar-refractivity contribution in [2.45, 2.75) is 37.1 Å². The molecule has 1 aromatic carbocycles. The molecular weight excluding hydrogens is 548 g/mol. The number of aromatic nitrogens is 2. The van der Waals surface area contributed by atoms with E-state index in [4.69, 9.17) is 16.0 Å². The van der Waals surface area contributed by atoms with E-state index in [9.17, 15) is 23.1 Å². The summed E-state index contributed by atoms with van der Waals surface area (Å²) in [5, 5.41) is 10.8. The van der Waals surface area contributed by atoms with Gasteiger partial charge in [-0.2, -0.15) is 4.31 Å². The predicted octanol–water partition coefficient (Wildman–Crippen LogP) is 1.28. The summed E-state index contributed by atoms with van der Waals surface area (Å²) in [6.07, 6.45) is 0.586. The molecule has 14 heteroatoms. The zero-order valence-corrected chi connectivity index (χ0v) is 23.5. The van der Waals surface area contributed by atoms with Crippen LogP contribution in [0.15, 0.2) is 27.6 Å². The van der Waals surface area contributed by atoms with Crippen LogP contribution in [0.25, 0.3) is 10.9 Å². The summed E-state index contributed by atoms with van der Waals surface area (Å²) in [5.41, 5.74) is 1.48. The molecule has 2 aliphatic rings. The number of carbonyl (C=O) groups is 2. The van der Waals surface area contributed by atoms with Crippen LogP contribution in [0.5, 0.6) is 0 Å². The van der Waals surface area contributed by atoms with E-state index in [-0.39, 0.29) is 48.4 Å². The van der Waals surface area contributed by atoms with Crippen molar-refractivity contribution in [3.63, 3.8) is 0 Å². The lowest BCUT2D eigenvalue weighted by Crippen LogP contribution is -2.57. The highest BCUT2D eigenvalue weighted by Crippen LogP contribution is 2.32. The number of nitrogens with one attached hydrogen (secondary N) is 1. The van der Waals surface area contributed by atoms with Crippen LogP contribution in [0.4, 0.5) is 0 Å². The number of likely N-dealkylation sites (N-methyl/N-ethyl adjacent to an activating group) is 1. The minimum absolute atomic E-state index is 0.00905. The minimum atomic E-state index is -4.12. The van der Waals surface area contributed by atoms with Crippen molar-refractivity contribution in [3.05, 3.63) is 46.1 Å². The van der Waals surface area contributed by atoms with E-state index < -0.39 is 28.6 Å². The molecule has 39 heavy (non-hydrogen) atoms. The van der Waals surface area contributed by atoms with Gasteiger partial charge in [0.25, 0.3) is 15.9 Å². The summed E-state index contributed by atoms with van der Waals surface area (Å²) in [7, 11) is 1.04. The van der Waals surface area contributed by atoms with Crippen molar-refractivity contribution in [1.29, 1.82) is 0 Å². The second-order valence-electron chi connectivity index (χ2n) is 10.2. The van der Waals surface area contributed by atoms with Gasteiger partial charge in [-0.1, -0.05) is 11.6 Å². The number of benzene rings is 1. The molecule has 3 aromatic rings. The Hall–Kier alpha value is -2.97. The third kappa shape index (κ3) is 5.16. The van der Waals surface area contributed by atoms with Gasteiger partial charge in [-0.15, -0.1) is 0 Å². The van der Waals surface area contributed by atoms with Crippen molar-refractivity contribution in [2.24, 2.45) is 0 Å². The van der Waals surface area contributed by atoms with Crippen molar-refractivity contribution in [1.82, 2.24) is 29.0 Å². The molecule has 210 valence electrons. The second-order valence-corrected chi connectivity index (χ2v) is 12.5. The lowest BCUT2D eigenvalue weighted by molar-refractivity contribution is -0.130. The van der Waals surface area contributed by atoms with Crippen LogP contribution in [0, 0.1) is 0 Å². The Bertz CT molecular complexity index is 1530. The molecule has 0 radical (unpaired) electrons. The Labute approximate surface area is 231 Å². The first-order valence-corrected chi connectivity index (χ1v) is 14.4. The zero-order valence-electron chi connectivity index (χ0n) is 22.0. The molecule has 4 heterocycles. The van der Waals surface area contributed by atoms with Crippen LogP contribution >= 0.6 is 11.6 Å². The van der Waals surface area contributed by atoms with Gasteiger partial charge in [-0.25, -0.2) is 13.4 Å². The van der Waals surface area contributed by atoms with Crippen molar-refractivity contribution in [3.8, 4) is 0 Å². The summed E-state index contributed by atoms with van der Waals surface area (Å²) in [4.78, 5) is 38.5. The van der Waals surface area contributed by atoms with Crippen molar-refractivity contribution < 1.29 is 27.5 Å². The van der Waals surface area contributed by atoms with E-state index in [1.807, 2.05) is 7.05 Å². The van der Waals surface area contributed by atoms with Crippen LogP contribution in [0.1, 0.15) is 34.1 Å². The Kier molecular flexibility index (Phi) is 7.46. The van der Waals surface area contributed by atoms with Crippen LogP contribution in [0.3, 0.4) is 0 Å². The molecular formula is C25H31ClN6O6S. The maximum Gasteiger partial charge on any atom is 0.310 e. The molecule has 2 N–H and O–H groups in total. The Balaban J connectivity index is 1.45. The highest BCUT2D eigenvalue weighted by molar-refractivity contribution is 7.89.